The van der Waals surface area contributed by atoms with E-state index in [0.717, 1.165) is 64.2 Å². The van der Waals surface area contributed by atoms with Crippen LogP contribution in [-0.4, -0.2) is 110 Å². The van der Waals surface area contributed by atoms with E-state index in [9.17, 15) is 44.6 Å². The molecule has 15 heteroatoms. The van der Waals surface area contributed by atoms with E-state index in [2.05, 4.69) is 43.4 Å². The summed E-state index contributed by atoms with van der Waals surface area (Å²) < 4.78 is 33.5. The van der Waals surface area contributed by atoms with E-state index in [1.807, 2.05) is 12.2 Å². The van der Waals surface area contributed by atoms with Crippen molar-refractivity contribution in [2.75, 3.05) is 19.8 Å². The second-order valence-electron chi connectivity index (χ2n) is 17.0. The Hall–Kier alpha value is -2.23. The van der Waals surface area contributed by atoms with Crippen LogP contribution in [0, 0.1) is 0 Å². The Bertz CT molecular complexity index is 1310. The van der Waals surface area contributed by atoms with E-state index in [0.29, 0.717) is 19.3 Å². The molecule has 0 saturated heterocycles. The van der Waals surface area contributed by atoms with Crippen molar-refractivity contribution in [1.82, 2.24) is 0 Å². The maximum absolute atomic E-state index is 12.8. The lowest BCUT2D eigenvalue weighted by Gasteiger charge is -2.41. The van der Waals surface area contributed by atoms with E-state index in [-0.39, 0.29) is 19.4 Å². The number of allylic oxidation sites excluding steroid dienone is 8. The lowest BCUT2D eigenvalue weighted by atomic mass is 9.85. The topological polar surface area (TPSA) is 230 Å². The van der Waals surface area contributed by atoms with Gasteiger partial charge >= 0.3 is 19.8 Å². The molecule has 0 spiro atoms. The van der Waals surface area contributed by atoms with Crippen LogP contribution < -0.4 is 0 Å². The zero-order valence-corrected chi connectivity index (χ0v) is 39.9. The summed E-state index contributed by atoms with van der Waals surface area (Å²) in [5.74, 6) is -1.17. The summed E-state index contributed by atoms with van der Waals surface area (Å²) >= 11 is 0. The Morgan fingerprint density at radius 3 is 1.41 bits per heavy atom. The van der Waals surface area contributed by atoms with Crippen molar-refractivity contribution in [3.05, 3.63) is 48.6 Å². The average molecular weight is 931 g/mol. The number of ether oxygens (including phenoxy) is 2. The average Bonchev–Trinajstić information content (AvgIpc) is 3.28. The second-order valence-corrected chi connectivity index (χ2v) is 18.5. The zero-order valence-electron chi connectivity index (χ0n) is 39.0. The lowest BCUT2D eigenvalue weighted by Crippen LogP contribution is -2.64. The fourth-order valence-electron chi connectivity index (χ4n) is 7.26. The van der Waals surface area contributed by atoms with Crippen molar-refractivity contribution in [3.63, 3.8) is 0 Å². The number of phosphoric ester groups is 1. The van der Waals surface area contributed by atoms with Crippen molar-refractivity contribution in [2.24, 2.45) is 0 Å². The minimum Gasteiger partial charge on any atom is -0.462 e. The second kappa shape index (κ2) is 39.9. The molecule has 14 nitrogen and oxygen atoms in total. The van der Waals surface area contributed by atoms with Gasteiger partial charge in [-0.3, -0.25) is 18.6 Å². The van der Waals surface area contributed by atoms with Crippen LogP contribution in [-0.2, 0) is 32.7 Å². The Labute approximate surface area is 384 Å². The van der Waals surface area contributed by atoms with Crippen molar-refractivity contribution in [3.8, 4) is 0 Å². The van der Waals surface area contributed by atoms with Crippen molar-refractivity contribution in [2.45, 2.75) is 229 Å². The Morgan fingerprint density at radius 1 is 0.516 bits per heavy atom. The first-order chi connectivity index (χ1) is 30.9. The Kier molecular flexibility index (Phi) is 37.3. The summed E-state index contributed by atoms with van der Waals surface area (Å²) in [5.41, 5.74) is 0. The molecule has 0 aromatic rings. The molecular weight excluding hydrogens is 843 g/mol. The summed E-state index contributed by atoms with van der Waals surface area (Å²) in [7, 11) is -5.14. The van der Waals surface area contributed by atoms with E-state index >= 15 is 0 Å². The molecule has 0 radical (unpaired) electrons. The number of phosphoric acid groups is 1. The van der Waals surface area contributed by atoms with Gasteiger partial charge in [0.05, 0.1) is 6.61 Å². The smallest absolute Gasteiger partial charge is 0.462 e. The van der Waals surface area contributed by atoms with Crippen LogP contribution in [0.5, 0.6) is 0 Å². The van der Waals surface area contributed by atoms with Crippen LogP contribution in [0.1, 0.15) is 187 Å². The molecule has 0 aliphatic heterocycles. The van der Waals surface area contributed by atoms with Gasteiger partial charge in [-0.05, 0) is 57.8 Å². The molecule has 0 amide bonds. The molecule has 1 aliphatic rings. The van der Waals surface area contributed by atoms with Gasteiger partial charge in [-0.1, -0.05) is 165 Å². The summed E-state index contributed by atoms with van der Waals surface area (Å²) in [6.07, 6.45) is 31.8. The number of aliphatic hydroxyl groups is 6. The Balaban J connectivity index is 2.46. The molecule has 7 N–H and O–H groups in total. The first-order valence-corrected chi connectivity index (χ1v) is 26.0. The molecule has 1 fully saturated rings. The number of hydrogen-bond donors (Lipinski definition) is 7. The van der Waals surface area contributed by atoms with Gasteiger partial charge in [0, 0.05) is 19.4 Å². The number of rotatable bonds is 41. The summed E-state index contributed by atoms with van der Waals surface area (Å²) in [6, 6.07) is 0. The van der Waals surface area contributed by atoms with Crippen LogP contribution in [0.2, 0.25) is 0 Å². The maximum Gasteiger partial charge on any atom is 0.472 e. The highest BCUT2D eigenvalue weighted by atomic mass is 31.2. The van der Waals surface area contributed by atoms with Crippen LogP contribution in [0.15, 0.2) is 48.6 Å². The highest BCUT2D eigenvalue weighted by Gasteiger charge is 2.51. The molecule has 1 aliphatic carbocycles. The Morgan fingerprint density at radius 2 is 0.922 bits per heavy atom. The van der Waals surface area contributed by atoms with Crippen LogP contribution in [0.4, 0.5) is 0 Å². The van der Waals surface area contributed by atoms with Gasteiger partial charge in [0.15, 0.2) is 6.10 Å². The van der Waals surface area contributed by atoms with E-state index in [1.165, 1.54) is 83.5 Å². The molecule has 1 rings (SSSR count). The van der Waals surface area contributed by atoms with Crippen molar-refractivity contribution in [1.29, 1.82) is 0 Å². The molecule has 64 heavy (non-hydrogen) atoms. The standard InChI is InChI=1S/C49H87O14P/c1-2-3-4-5-6-7-8-9-10-12-15-18-21-24-27-30-33-36-42(51)60-39-41(40-61-64(58,59)63-49-47(56)45(54)44(53)46(55)48(49)57)62-43(52)37-34-31-28-25-22-19-16-13-11-14-17-20-23-26-29-32-35-38-50/h11,14,16,19-20,23,25,28,41,44-50,53-57H,2-10,12-13,15,17-18,21-22,24,26-27,29-40H2,1H3,(H,58,59)/b14-11-,19-16-,23-20-,28-25-/t41-,44?,45-,46+,47-,48-,49?/m1/s1. The molecule has 0 aromatic heterocycles. The third-order valence-electron chi connectivity index (χ3n) is 11.2. The third-order valence-corrected chi connectivity index (χ3v) is 12.2. The van der Waals surface area contributed by atoms with Gasteiger partial charge in [0.25, 0.3) is 0 Å². The number of esters is 2. The molecule has 1 saturated carbocycles. The van der Waals surface area contributed by atoms with Crippen molar-refractivity contribution >= 4 is 19.8 Å². The molecule has 372 valence electrons. The van der Waals surface area contributed by atoms with Crippen LogP contribution in [0.25, 0.3) is 0 Å². The minimum atomic E-state index is -5.14. The van der Waals surface area contributed by atoms with E-state index in [1.54, 1.807) is 0 Å². The largest absolute Gasteiger partial charge is 0.472 e. The molecule has 3 unspecified atom stereocenters. The first-order valence-electron chi connectivity index (χ1n) is 24.6. The normalized spacial score (nSPS) is 21.9. The van der Waals surface area contributed by atoms with Gasteiger partial charge < -0.3 is 45.0 Å². The summed E-state index contributed by atoms with van der Waals surface area (Å²) in [5, 5.41) is 59.0. The molecule has 0 aromatic carbocycles. The van der Waals surface area contributed by atoms with Gasteiger partial charge in [-0.15, -0.1) is 0 Å². The molecule has 8 atom stereocenters. The predicted molar refractivity (Wildman–Crippen MR) is 250 cm³/mol. The summed E-state index contributed by atoms with van der Waals surface area (Å²) in [6.45, 7) is 1.28. The summed E-state index contributed by atoms with van der Waals surface area (Å²) in [4.78, 5) is 35.7. The third kappa shape index (κ3) is 31.6. The van der Waals surface area contributed by atoms with Gasteiger partial charge in [-0.2, -0.15) is 0 Å². The predicted octanol–water partition coefficient (Wildman–Crippen LogP) is 8.92. The fraction of sp³-hybridized carbons (Fsp3) is 0.796. The van der Waals surface area contributed by atoms with Crippen LogP contribution >= 0.6 is 7.82 Å². The molecule has 0 heterocycles. The molecule has 0 bridgehead atoms. The highest BCUT2D eigenvalue weighted by molar-refractivity contribution is 7.47. The van der Waals surface area contributed by atoms with Crippen LogP contribution in [0.3, 0.4) is 0 Å². The van der Waals surface area contributed by atoms with Crippen molar-refractivity contribution < 1.29 is 68.2 Å². The number of unbranched alkanes of at least 4 members (excludes halogenated alkanes) is 20. The van der Waals surface area contributed by atoms with E-state index < -0.39 is 75.7 Å². The van der Waals surface area contributed by atoms with Gasteiger partial charge in [0.1, 0.15) is 43.2 Å². The monoisotopic (exact) mass is 931 g/mol. The maximum atomic E-state index is 12.8. The zero-order chi connectivity index (χ0) is 47.1. The highest BCUT2D eigenvalue weighted by Crippen LogP contribution is 2.47. The number of carbonyl (C=O) groups excluding carboxylic acids is 2. The quantitative estimate of drug-likeness (QED) is 0.0131. The number of aliphatic hydroxyl groups excluding tert-OH is 6. The number of hydrogen-bond acceptors (Lipinski definition) is 13. The fourth-order valence-corrected chi connectivity index (χ4v) is 8.23. The minimum absolute atomic E-state index is 0.0115. The van der Waals surface area contributed by atoms with Gasteiger partial charge in [-0.25, -0.2) is 4.57 Å². The lowest BCUT2D eigenvalue weighted by molar-refractivity contribution is -0.220. The number of carbonyl (C=O) groups is 2. The molecular formula is C49H87O14P. The van der Waals surface area contributed by atoms with E-state index in [4.69, 9.17) is 23.6 Å². The van der Waals surface area contributed by atoms with Gasteiger partial charge in [0.2, 0.25) is 0 Å². The SMILES string of the molecule is CCCCCCCCCCCCCCCCCCCC(=O)OC[C@H](COP(=O)(O)OC1[C@H](O)[C@H](O)C(O)[C@H](O)[C@H]1O)OC(=O)CCC/C=C\C/C=C\C/C=C\C/C=C\CCCCCO. The first kappa shape index (κ1) is 59.8.